The molecule has 0 atom stereocenters. The lowest BCUT2D eigenvalue weighted by Crippen LogP contribution is -2.44. The Morgan fingerprint density at radius 2 is 2.14 bits per heavy atom. The Balaban J connectivity index is 1.76. The van der Waals surface area contributed by atoms with Gasteiger partial charge in [-0.3, -0.25) is 4.79 Å². The van der Waals surface area contributed by atoms with Crippen molar-refractivity contribution >= 4 is 5.91 Å². The van der Waals surface area contributed by atoms with E-state index in [1.54, 1.807) is 6.20 Å². The standard InChI is InChI=1S/C16H27N3O2/c1-13(2)15-17-9-11-19(15)10-6-14(20)18-12-16(21)7-4-3-5-8-16/h9,11,13,21H,3-8,10,12H2,1-2H3,(H,18,20). The fraction of sp³-hybridized carbons (Fsp3) is 0.750. The van der Waals surface area contributed by atoms with Gasteiger partial charge in [0, 0.05) is 37.8 Å². The molecule has 1 saturated carbocycles. The smallest absolute Gasteiger partial charge is 0.221 e. The van der Waals surface area contributed by atoms with E-state index in [4.69, 9.17) is 0 Å². The fourth-order valence-corrected chi connectivity index (χ4v) is 2.97. The van der Waals surface area contributed by atoms with E-state index in [1.165, 1.54) is 6.42 Å². The molecule has 1 aliphatic carbocycles. The Labute approximate surface area is 126 Å². The van der Waals surface area contributed by atoms with Crippen molar-refractivity contribution in [2.24, 2.45) is 0 Å². The molecule has 1 amide bonds. The van der Waals surface area contributed by atoms with Gasteiger partial charge in [0.25, 0.3) is 0 Å². The van der Waals surface area contributed by atoms with Gasteiger partial charge in [-0.2, -0.15) is 0 Å². The number of rotatable bonds is 6. The summed E-state index contributed by atoms with van der Waals surface area (Å²) in [6.45, 7) is 5.21. The number of nitrogens with one attached hydrogen (secondary N) is 1. The first-order chi connectivity index (χ1) is 10.0. The van der Waals surface area contributed by atoms with Gasteiger partial charge < -0.3 is 15.0 Å². The van der Waals surface area contributed by atoms with Crippen LogP contribution in [0.15, 0.2) is 12.4 Å². The number of hydrogen-bond donors (Lipinski definition) is 2. The molecule has 0 aliphatic heterocycles. The van der Waals surface area contributed by atoms with Gasteiger partial charge in [0.1, 0.15) is 5.82 Å². The molecule has 1 aromatic rings. The van der Waals surface area contributed by atoms with Crippen LogP contribution >= 0.6 is 0 Å². The van der Waals surface area contributed by atoms with Crippen LogP contribution in [-0.4, -0.2) is 32.7 Å². The average Bonchev–Trinajstić information content (AvgIpc) is 2.92. The van der Waals surface area contributed by atoms with Gasteiger partial charge in [0.05, 0.1) is 5.60 Å². The molecule has 1 heterocycles. The summed E-state index contributed by atoms with van der Waals surface area (Å²) in [4.78, 5) is 16.3. The van der Waals surface area contributed by atoms with Crippen LogP contribution < -0.4 is 5.32 Å². The summed E-state index contributed by atoms with van der Waals surface area (Å²) < 4.78 is 2.03. The van der Waals surface area contributed by atoms with Crippen LogP contribution in [-0.2, 0) is 11.3 Å². The minimum Gasteiger partial charge on any atom is -0.388 e. The summed E-state index contributed by atoms with van der Waals surface area (Å²) in [5, 5.41) is 13.2. The molecule has 0 unspecified atom stereocenters. The van der Waals surface area contributed by atoms with Crippen molar-refractivity contribution in [3.8, 4) is 0 Å². The predicted octanol–water partition coefficient (Wildman–Crippen LogP) is 2.21. The summed E-state index contributed by atoms with van der Waals surface area (Å²) in [7, 11) is 0. The van der Waals surface area contributed by atoms with Crippen LogP contribution in [0.3, 0.4) is 0 Å². The van der Waals surface area contributed by atoms with Gasteiger partial charge in [-0.25, -0.2) is 4.98 Å². The Kier molecular flexibility index (Phi) is 5.39. The number of aromatic nitrogens is 2. The second-order valence-electron chi connectivity index (χ2n) is 6.45. The quantitative estimate of drug-likeness (QED) is 0.845. The minimum atomic E-state index is -0.688. The topological polar surface area (TPSA) is 67.2 Å². The number of hydrogen-bond acceptors (Lipinski definition) is 3. The second kappa shape index (κ2) is 7.07. The van der Waals surface area contributed by atoms with Crippen molar-refractivity contribution in [3.05, 3.63) is 18.2 Å². The van der Waals surface area contributed by atoms with E-state index in [-0.39, 0.29) is 5.91 Å². The van der Waals surface area contributed by atoms with Crippen LogP contribution in [0.4, 0.5) is 0 Å². The summed E-state index contributed by atoms with van der Waals surface area (Å²) in [5.74, 6) is 1.36. The maximum atomic E-state index is 11.9. The number of aliphatic hydroxyl groups is 1. The van der Waals surface area contributed by atoms with Crippen molar-refractivity contribution < 1.29 is 9.90 Å². The Morgan fingerprint density at radius 1 is 1.43 bits per heavy atom. The molecule has 5 nitrogen and oxygen atoms in total. The van der Waals surface area contributed by atoms with Gasteiger partial charge in [-0.15, -0.1) is 0 Å². The highest BCUT2D eigenvalue weighted by atomic mass is 16.3. The molecule has 1 aliphatic rings. The third-order valence-corrected chi connectivity index (χ3v) is 4.24. The number of imidazole rings is 1. The molecular weight excluding hydrogens is 266 g/mol. The molecule has 0 aromatic carbocycles. The highest BCUT2D eigenvalue weighted by molar-refractivity contribution is 5.75. The lowest BCUT2D eigenvalue weighted by atomic mass is 9.85. The summed E-state index contributed by atoms with van der Waals surface area (Å²) in [6, 6.07) is 0. The summed E-state index contributed by atoms with van der Waals surface area (Å²) in [6.07, 6.45) is 9.01. The monoisotopic (exact) mass is 293 g/mol. The van der Waals surface area contributed by atoms with Crippen LogP contribution in [0.2, 0.25) is 0 Å². The minimum absolute atomic E-state index is 0.00240. The molecule has 0 spiro atoms. The van der Waals surface area contributed by atoms with Gasteiger partial charge in [-0.1, -0.05) is 33.1 Å². The molecule has 118 valence electrons. The second-order valence-corrected chi connectivity index (χ2v) is 6.45. The van der Waals surface area contributed by atoms with Crippen molar-refractivity contribution in [3.63, 3.8) is 0 Å². The third-order valence-electron chi connectivity index (χ3n) is 4.24. The van der Waals surface area contributed by atoms with Crippen molar-refractivity contribution in [2.75, 3.05) is 6.54 Å². The first-order valence-electron chi connectivity index (χ1n) is 8.00. The maximum Gasteiger partial charge on any atom is 0.221 e. The lowest BCUT2D eigenvalue weighted by molar-refractivity contribution is -0.123. The Bertz CT molecular complexity index is 462. The van der Waals surface area contributed by atoms with E-state index in [0.717, 1.165) is 31.5 Å². The molecule has 0 saturated heterocycles. The van der Waals surface area contributed by atoms with Crippen LogP contribution in [0, 0.1) is 0 Å². The highest BCUT2D eigenvalue weighted by Crippen LogP contribution is 2.27. The average molecular weight is 293 g/mol. The Morgan fingerprint density at radius 3 is 2.81 bits per heavy atom. The summed E-state index contributed by atoms with van der Waals surface area (Å²) in [5.41, 5.74) is -0.688. The largest absolute Gasteiger partial charge is 0.388 e. The fourth-order valence-electron chi connectivity index (χ4n) is 2.97. The van der Waals surface area contributed by atoms with Gasteiger partial charge in [-0.05, 0) is 12.8 Å². The molecule has 1 fully saturated rings. The SMILES string of the molecule is CC(C)c1nccn1CCC(=O)NCC1(O)CCCCC1. The van der Waals surface area contributed by atoms with Crippen molar-refractivity contribution in [1.82, 2.24) is 14.9 Å². The molecule has 0 bridgehead atoms. The first kappa shape index (κ1) is 16.0. The van der Waals surface area contributed by atoms with Crippen LogP contribution in [0.5, 0.6) is 0 Å². The predicted molar refractivity (Wildman–Crippen MR) is 82.0 cm³/mol. The Hall–Kier alpha value is -1.36. The van der Waals surface area contributed by atoms with Crippen LogP contribution in [0.1, 0.15) is 64.1 Å². The lowest BCUT2D eigenvalue weighted by Gasteiger charge is -2.32. The zero-order valence-corrected chi connectivity index (χ0v) is 13.1. The highest BCUT2D eigenvalue weighted by Gasteiger charge is 2.29. The first-order valence-corrected chi connectivity index (χ1v) is 8.00. The number of nitrogens with zero attached hydrogens (tertiary/aromatic N) is 2. The van der Waals surface area contributed by atoms with E-state index >= 15 is 0 Å². The van der Waals surface area contributed by atoms with Gasteiger partial charge in [0.15, 0.2) is 0 Å². The molecule has 5 heteroatoms. The maximum absolute atomic E-state index is 11.9. The molecular formula is C16H27N3O2. The number of amides is 1. The van der Waals surface area contributed by atoms with Gasteiger partial charge in [0.2, 0.25) is 5.91 Å². The van der Waals surface area contributed by atoms with Gasteiger partial charge >= 0.3 is 0 Å². The molecule has 2 rings (SSSR count). The normalized spacial score (nSPS) is 17.9. The molecule has 2 N–H and O–H groups in total. The van der Waals surface area contributed by atoms with Crippen LogP contribution in [0.25, 0.3) is 0 Å². The van der Waals surface area contributed by atoms with E-state index < -0.39 is 5.60 Å². The zero-order valence-electron chi connectivity index (χ0n) is 13.1. The van der Waals surface area contributed by atoms with E-state index in [1.807, 2.05) is 10.8 Å². The summed E-state index contributed by atoms with van der Waals surface area (Å²) >= 11 is 0. The molecule has 0 radical (unpaired) electrons. The molecule has 21 heavy (non-hydrogen) atoms. The van der Waals surface area contributed by atoms with E-state index in [0.29, 0.717) is 25.4 Å². The zero-order chi connectivity index (χ0) is 15.3. The van der Waals surface area contributed by atoms with E-state index in [2.05, 4.69) is 24.1 Å². The number of carbonyl (C=O) groups is 1. The van der Waals surface area contributed by atoms with E-state index in [9.17, 15) is 9.90 Å². The van der Waals surface area contributed by atoms with Crippen molar-refractivity contribution in [2.45, 2.75) is 70.4 Å². The van der Waals surface area contributed by atoms with Crippen molar-refractivity contribution in [1.29, 1.82) is 0 Å². The third kappa shape index (κ3) is 4.56. The number of aryl methyl sites for hydroxylation is 1. The number of carbonyl (C=O) groups excluding carboxylic acids is 1. The molecule has 1 aromatic heterocycles.